The molecule has 0 radical (unpaired) electrons. The van der Waals surface area contributed by atoms with Crippen molar-refractivity contribution in [1.29, 1.82) is 0 Å². The Morgan fingerprint density at radius 1 is 0.889 bits per heavy atom. The zero-order chi connectivity index (χ0) is 32.3. The quantitative estimate of drug-likeness (QED) is 0.198. The second-order valence-electron chi connectivity index (χ2n) is 12.4. The second-order valence-corrected chi connectivity index (χ2v) is 12.4. The molecule has 0 fully saturated rings. The molecule has 0 aliphatic heterocycles. The molecule has 4 N–H and O–H groups in total. The zero-order valence-electron chi connectivity index (χ0n) is 26.3. The van der Waals surface area contributed by atoms with E-state index in [1.54, 1.807) is 24.3 Å². The van der Waals surface area contributed by atoms with E-state index in [4.69, 9.17) is 10.8 Å². The average Bonchev–Trinajstić information content (AvgIpc) is 3.47. The first-order chi connectivity index (χ1) is 21.4. The van der Waals surface area contributed by atoms with Crippen LogP contribution in [0.1, 0.15) is 42.3 Å². The van der Waals surface area contributed by atoms with Crippen LogP contribution in [0.5, 0.6) is 5.75 Å². The van der Waals surface area contributed by atoms with Crippen molar-refractivity contribution in [2.45, 2.75) is 38.6 Å². The number of imide groups is 1. The molecule has 0 bridgehead atoms. The first-order valence-electron chi connectivity index (χ1n) is 14.9. The Hall–Kier alpha value is -5.21. The minimum absolute atomic E-state index is 0.0243. The lowest BCUT2D eigenvalue weighted by molar-refractivity contribution is -0.121. The Morgan fingerprint density at radius 3 is 2.18 bits per heavy atom. The van der Waals surface area contributed by atoms with Gasteiger partial charge in [-0.3, -0.25) is 14.9 Å². The van der Waals surface area contributed by atoms with Crippen molar-refractivity contribution in [1.82, 2.24) is 15.1 Å². The first kappa shape index (κ1) is 31.2. The molecule has 2 amide bonds. The van der Waals surface area contributed by atoms with E-state index in [0.29, 0.717) is 5.56 Å². The molecule has 1 atom stereocenters. The number of nitrogens with two attached hydrogens (primary N) is 1. The summed E-state index contributed by atoms with van der Waals surface area (Å²) in [5.74, 6) is -0.967. The molecule has 1 heterocycles. The number of nitrogens with one attached hydrogen (secondary N) is 1. The largest absolute Gasteiger partial charge is 0.508 e. The Labute approximate surface area is 264 Å². The van der Waals surface area contributed by atoms with Crippen molar-refractivity contribution < 1.29 is 14.7 Å². The summed E-state index contributed by atoms with van der Waals surface area (Å²) in [4.78, 5) is 27.7. The maximum absolute atomic E-state index is 12.9. The number of rotatable bonds is 8. The molecular weight excluding hydrogens is 562 g/mol. The van der Waals surface area contributed by atoms with Crippen molar-refractivity contribution in [3.63, 3.8) is 0 Å². The van der Waals surface area contributed by atoms with Gasteiger partial charge in [0.15, 0.2) is 0 Å². The summed E-state index contributed by atoms with van der Waals surface area (Å²) < 4.78 is 1.92. The van der Waals surface area contributed by atoms with Crippen molar-refractivity contribution in [2.75, 3.05) is 19.0 Å². The maximum atomic E-state index is 12.9. The monoisotopic (exact) mass is 601 g/mol. The molecule has 1 aromatic heterocycles. The van der Waals surface area contributed by atoms with E-state index in [1.807, 2.05) is 49.1 Å². The molecule has 5 rings (SSSR count). The number of amides is 2. The van der Waals surface area contributed by atoms with Crippen LogP contribution in [-0.2, 0) is 16.6 Å². The van der Waals surface area contributed by atoms with Crippen molar-refractivity contribution in [3.05, 3.63) is 120 Å². The number of carbonyl (C=O) groups excluding carboxylic acids is 2. The number of phenolic OH excluding ortho intramolecular Hbond substituents is 1. The van der Waals surface area contributed by atoms with E-state index in [0.717, 1.165) is 39.5 Å². The Balaban J connectivity index is 1.41. The average molecular weight is 602 g/mol. The Bertz CT molecular complexity index is 1800. The van der Waals surface area contributed by atoms with Gasteiger partial charge in [0.1, 0.15) is 5.75 Å². The summed E-state index contributed by atoms with van der Waals surface area (Å²) in [7, 11) is 4.02. The predicted molar refractivity (Wildman–Crippen MR) is 180 cm³/mol. The van der Waals surface area contributed by atoms with Gasteiger partial charge in [0.2, 0.25) is 5.91 Å². The fourth-order valence-corrected chi connectivity index (χ4v) is 5.02. The van der Waals surface area contributed by atoms with E-state index < -0.39 is 17.9 Å². The fourth-order valence-electron chi connectivity index (χ4n) is 5.02. The number of hydrogen-bond donors (Lipinski definition) is 3. The van der Waals surface area contributed by atoms with Crippen molar-refractivity contribution in [2.24, 2.45) is 5.73 Å². The maximum Gasteiger partial charge on any atom is 0.257 e. The topological polar surface area (TPSA) is 113 Å². The molecular formula is C37H39N5O3. The third-order valence-electron chi connectivity index (χ3n) is 7.75. The van der Waals surface area contributed by atoms with Gasteiger partial charge < -0.3 is 15.7 Å². The van der Waals surface area contributed by atoms with Gasteiger partial charge in [-0.2, -0.15) is 5.10 Å². The normalized spacial score (nSPS) is 12.0. The van der Waals surface area contributed by atoms with Crippen LogP contribution < -0.4 is 16.0 Å². The van der Waals surface area contributed by atoms with E-state index in [1.165, 1.54) is 17.7 Å². The van der Waals surface area contributed by atoms with Crippen molar-refractivity contribution >= 4 is 17.5 Å². The number of phenols is 1. The summed E-state index contributed by atoms with van der Waals surface area (Å²) in [6.45, 7) is 6.56. The molecule has 8 nitrogen and oxygen atoms in total. The minimum atomic E-state index is -0.916. The molecule has 0 saturated carbocycles. The van der Waals surface area contributed by atoms with Crippen LogP contribution in [0.15, 0.2) is 103 Å². The summed E-state index contributed by atoms with van der Waals surface area (Å²) in [6, 6.07) is 31.3. The van der Waals surface area contributed by atoms with Gasteiger partial charge in [0, 0.05) is 36.5 Å². The van der Waals surface area contributed by atoms with Gasteiger partial charge in [0.05, 0.1) is 23.1 Å². The zero-order valence-corrected chi connectivity index (χ0v) is 26.3. The summed E-state index contributed by atoms with van der Waals surface area (Å²) in [6.07, 6.45) is 0.235. The smallest absolute Gasteiger partial charge is 0.257 e. The van der Waals surface area contributed by atoms with Gasteiger partial charge >= 0.3 is 0 Å². The number of benzene rings is 4. The predicted octanol–water partition coefficient (Wildman–Crippen LogP) is 6.10. The van der Waals surface area contributed by atoms with Crippen LogP contribution in [0.25, 0.3) is 28.2 Å². The molecule has 0 saturated heterocycles. The molecule has 230 valence electrons. The van der Waals surface area contributed by atoms with Gasteiger partial charge in [-0.15, -0.1) is 0 Å². The van der Waals surface area contributed by atoms with E-state index in [9.17, 15) is 14.7 Å². The van der Waals surface area contributed by atoms with Gasteiger partial charge in [-0.05, 0) is 77.6 Å². The van der Waals surface area contributed by atoms with E-state index in [-0.39, 0.29) is 17.6 Å². The first-order valence-corrected chi connectivity index (χ1v) is 14.9. The van der Waals surface area contributed by atoms with E-state index in [2.05, 4.69) is 67.4 Å². The van der Waals surface area contributed by atoms with Crippen LogP contribution in [0.3, 0.4) is 0 Å². The van der Waals surface area contributed by atoms with Crippen LogP contribution in [-0.4, -0.2) is 46.8 Å². The second kappa shape index (κ2) is 12.8. The van der Waals surface area contributed by atoms with Crippen LogP contribution in [0.2, 0.25) is 0 Å². The summed E-state index contributed by atoms with van der Waals surface area (Å²) in [5.41, 5.74) is 14.0. The Morgan fingerprint density at radius 2 is 1.56 bits per heavy atom. The Kier molecular flexibility index (Phi) is 8.88. The summed E-state index contributed by atoms with van der Waals surface area (Å²) in [5, 5.41) is 16.9. The molecule has 5 aromatic rings. The van der Waals surface area contributed by atoms with Gasteiger partial charge in [0.25, 0.3) is 5.91 Å². The molecule has 0 aliphatic carbocycles. The van der Waals surface area contributed by atoms with Gasteiger partial charge in [-0.25, -0.2) is 4.68 Å². The number of aromatic hydroxyl groups is 1. The lowest BCUT2D eigenvalue weighted by Gasteiger charge is -2.19. The van der Waals surface area contributed by atoms with E-state index >= 15 is 0 Å². The number of anilines is 1. The molecule has 8 heteroatoms. The highest BCUT2D eigenvalue weighted by Crippen LogP contribution is 2.31. The highest BCUT2D eigenvalue weighted by molar-refractivity contribution is 6.06. The lowest BCUT2D eigenvalue weighted by Crippen LogP contribution is -2.44. The molecule has 4 aromatic carbocycles. The number of nitrogens with zero attached hydrogens (tertiary/aromatic N) is 3. The SMILES string of the molecule is CN(C)c1cccc(-c2cc(-c3ccc(C(=O)NC(=O)[C@@H](N)Cc4ccc(O)cc4)cc3)n(-c3ccc(C(C)(C)C)cc3)n2)c1. The highest BCUT2D eigenvalue weighted by atomic mass is 16.3. The lowest BCUT2D eigenvalue weighted by atomic mass is 9.87. The molecule has 0 unspecified atom stereocenters. The fraction of sp³-hybridized carbons (Fsp3) is 0.216. The molecule has 45 heavy (non-hydrogen) atoms. The third kappa shape index (κ3) is 7.30. The van der Waals surface area contributed by atoms with Crippen LogP contribution in [0.4, 0.5) is 5.69 Å². The van der Waals surface area contributed by atoms with Crippen molar-refractivity contribution in [3.8, 4) is 34.0 Å². The molecule has 0 spiro atoms. The third-order valence-corrected chi connectivity index (χ3v) is 7.75. The van der Waals surface area contributed by atoms with Crippen LogP contribution >= 0.6 is 0 Å². The highest BCUT2D eigenvalue weighted by Gasteiger charge is 2.20. The number of carbonyl (C=O) groups is 2. The van der Waals surface area contributed by atoms with Gasteiger partial charge in [-0.1, -0.05) is 69.3 Å². The minimum Gasteiger partial charge on any atom is -0.508 e. The molecule has 0 aliphatic rings. The number of hydrogen-bond acceptors (Lipinski definition) is 6. The van der Waals surface area contributed by atoms with Crippen LogP contribution in [0, 0.1) is 0 Å². The standard InChI is InChI=1S/C37H39N5O3/c1-37(2,3)28-15-17-29(18-16-28)42-34(23-33(40-42)27-7-6-8-30(22-27)41(4)5)25-11-13-26(14-12-25)35(44)39-36(45)32(38)21-24-9-19-31(43)20-10-24/h6-20,22-23,32,43H,21,38H2,1-5H3,(H,39,44,45)/t32-/m0/s1. The summed E-state index contributed by atoms with van der Waals surface area (Å²) >= 11 is 0. The number of aromatic nitrogens is 2.